The van der Waals surface area contributed by atoms with Gasteiger partial charge in [-0.05, 0) is 44.0 Å². The van der Waals surface area contributed by atoms with Crippen LogP contribution in [0.1, 0.15) is 23.9 Å². The number of aromatic nitrogens is 1. The van der Waals surface area contributed by atoms with Crippen LogP contribution in [0.4, 0.5) is 17.1 Å². The second-order valence-corrected chi connectivity index (χ2v) is 5.56. The summed E-state index contributed by atoms with van der Waals surface area (Å²) in [5, 5.41) is 17.1. The molecule has 2 rings (SSSR count). The van der Waals surface area contributed by atoms with E-state index in [0.29, 0.717) is 23.6 Å². The van der Waals surface area contributed by atoms with Gasteiger partial charge in [0.05, 0.1) is 4.92 Å². The lowest BCUT2D eigenvalue weighted by Gasteiger charge is -2.10. The van der Waals surface area contributed by atoms with Crippen LogP contribution >= 0.6 is 0 Å². The lowest BCUT2D eigenvalue weighted by molar-refractivity contribution is -0.384. The molecule has 1 amide bonds. The van der Waals surface area contributed by atoms with Crippen molar-refractivity contribution >= 4 is 23.0 Å². The van der Waals surface area contributed by atoms with E-state index in [-0.39, 0.29) is 11.6 Å². The van der Waals surface area contributed by atoms with E-state index in [1.54, 1.807) is 19.9 Å². The zero-order valence-corrected chi connectivity index (χ0v) is 13.9. The number of anilines is 2. The minimum atomic E-state index is -0.425. The van der Waals surface area contributed by atoms with Crippen molar-refractivity contribution in [3.8, 4) is 0 Å². The number of rotatable bonds is 6. The molecule has 2 aromatic rings. The monoisotopic (exact) mass is 328 g/mol. The first-order valence-electron chi connectivity index (χ1n) is 7.60. The number of aryl methyl sites for hydroxylation is 2. The van der Waals surface area contributed by atoms with Gasteiger partial charge in [-0.1, -0.05) is 12.1 Å². The van der Waals surface area contributed by atoms with Crippen LogP contribution in [-0.2, 0) is 11.2 Å². The number of amides is 1. The average Bonchev–Trinajstić information content (AvgIpc) is 2.47. The Kier molecular flexibility index (Phi) is 5.47. The molecule has 0 aliphatic carbocycles. The van der Waals surface area contributed by atoms with Crippen LogP contribution in [0.5, 0.6) is 0 Å². The van der Waals surface area contributed by atoms with Crippen molar-refractivity contribution in [3.63, 3.8) is 0 Å². The highest BCUT2D eigenvalue weighted by Crippen LogP contribution is 2.30. The Hall–Kier alpha value is -2.96. The molecule has 0 aliphatic rings. The van der Waals surface area contributed by atoms with Gasteiger partial charge in [-0.25, -0.2) is 0 Å². The van der Waals surface area contributed by atoms with Gasteiger partial charge in [0, 0.05) is 24.8 Å². The molecule has 0 radical (unpaired) electrons. The van der Waals surface area contributed by atoms with Crippen LogP contribution in [0.2, 0.25) is 0 Å². The Labute approximate surface area is 140 Å². The van der Waals surface area contributed by atoms with E-state index in [4.69, 9.17) is 0 Å². The molecule has 1 aromatic carbocycles. The van der Waals surface area contributed by atoms with E-state index in [2.05, 4.69) is 15.6 Å². The fourth-order valence-electron chi connectivity index (χ4n) is 2.44. The molecule has 0 aliphatic heterocycles. The minimum Gasteiger partial charge on any atom is -0.356 e. The van der Waals surface area contributed by atoms with E-state index in [1.165, 1.54) is 6.92 Å². The molecule has 0 spiro atoms. The van der Waals surface area contributed by atoms with Crippen molar-refractivity contribution < 1.29 is 9.72 Å². The van der Waals surface area contributed by atoms with E-state index < -0.39 is 4.92 Å². The third kappa shape index (κ3) is 4.52. The van der Waals surface area contributed by atoms with Gasteiger partial charge in [-0.15, -0.1) is 0 Å². The summed E-state index contributed by atoms with van der Waals surface area (Å²) in [5.74, 6) is -0.0518. The predicted molar refractivity (Wildman–Crippen MR) is 92.5 cm³/mol. The van der Waals surface area contributed by atoms with Crippen LogP contribution < -0.4 is 10.6 Å². The number of pyridine rings is 1. The van der Waals surface area contributed by atoms with Gasteiger partial charge in [-0.3, -0.25) is 19.9 Å². The van der Waals surface area contributed by atoms with Gasteiger partial charge in [0.15, 0.2) is 0 Å². The zero-order chi connectivity index (χ0) is 17.7. The van der Waals surface area contributed by atoms with E-state index >= 15 is 0 Å². The van der Waals surface area contributed by atoms with E-state index in [0.717, 1.165) is 17.7 Å². The maximum atomic E-state index is 11.3. The number of benzene rings is 1. The Balaban J connectivity index is 2.14. The molecule has 7 heteroatoms. The molecule has 7 nitrogen and oxygen atoms in total. The average molecular weight is 328 g/mol. The Morgan fingerprint density at radius 3 is 2.50 bits per heavy atom. The topological polar surface area (TPSA) is 97.2 Å². The standard InChI is InChI=1S/C17H20N4O3/c1-11-10-16(17(21(23)24)12(2)19-11)20-15-6-4-14(5-7-15)8-9-18-13(3)22/h4-7,10H,8-9H2,1-3H3,(H,18,22)(H,19,20). The molecule has 0 fully saturated rings. The first-order valence-corrected chi connectivity index (χ1v) is 7.60. The lowest BCUT2D eigenvalue weighted by Crippen LogP contribution is -2.22. The van der Waals surface area contributed by atoms with Crippen LogP contribution in [0, 0.1) is 24.0 Å². The molecule has 0 saturated carbocycles. The van der Waals surface area contributed by atoms with Gasteiger partial charge in [-0.2, -0.15) is 0 Å². The van der Waals surface area contributed by atoms with Crippen molar-refractivity contribution in [2.75, 3.05) is 11.9 Å². The Bertz CT molecular complexity index is 757. The summed E-state index contributed by atoms with van der Waals surface area (Å²) < 4.78 is 0. The number of hydrogen-bond acceptors (Lipinski definition) is 5. The number of nitrogens with zero attached hydrogens (tertiary/aromatic N) is 2. The Morgan fingerprint density at radius 1 is 1.25 bits per heavy atom. The fraction of sp³-hybridized carbons (Fsp3) is 0.294. The smallest absolute Gasteiger partial charge is 0.313 e. The summed E-state index contributed by atoms with van der Waals surface area (Å²) in [5.41, 5.74) is 3.34. The number of carbonyl (C=O) groups is 1. The third-order valence-electron chi connectivity index (χ3n) is 3.50. The maximum Gasteiger partial charge on any atom is 0.313 e. The normalized spacial score (nSPS) is 10.3. The van der Waals surface area contributed by atoms with Gasteiger partial charge in [0.2, 0.25) is 5.91 Å². The molecule has 0 bridgehead atoms. The highest BCUT2D eigenvalue weighted by Gasteiger charge is 2.19. The Morgan fingerprint density at radius 2 is 1.92 bits per heavy atom. The van der Waals surface area contributed by atoms with Gasteiger partial charge < -0.3 is 10.6 Å². The molecule has 0 unspecified atom stereocenters. The van der Waals surface area contributed by atoms with Crippen molar-refractivity contribution in [2.45, 2.75) is 27.2 Å². The van der Waals surface area contributed by atoms with Crippen molar-refractivity contribution in [3.05, 3.63) is 57.4 Å². The summed E-state index contributed by atoms with van der Waals surface area (Å²) in [4.78, 5) is 25.8. The minimum absolute atomic E-state index is 0.0182. The highest BCUT2D eigenvalue weighted by atomic mass is 16.6. The number of nitro groups is 1. The summed E-state index contributed by atoms with van der Waals surface area (Å²) in [7, 11) is 0. The van der Waals surface area contributed by atoms with Crippen molar-refractivity contribution in [2.24, 2.45) is 0 Å². The first kappa shape index (κ1) is 17.4. The second kappa shape index (κ2) is 7.54. The van der Waals surface area contributed by atoms with Gasteiger partial charge in [0.25, 0.3) is 0 Å². The summed E-state index contributed by atoms with van der Waals surface area (Å²) in [6, 6.07) is 9.24. The highest BCUT2D eigenvalue weighted by molar-refractivity contribution is 5.73. The zero-order valence-electron chi connectivity index (χ0n) is 13.9. The van der Waals surface area contributed by atoms with Crippen LogP contribution in [0.25, 0.3) is 0 Å². The fourth-order valence-corrected chi connectivity index (χ4v) is 2.44. The predicted octanol–water partition coefficient (Wildman–Crippen LogP) is 3.03. The SMILES string of the molecule is CC(=O)NCCc1ccc(Nc2cc(C)nc(C)c2[N+](=O)[O-])cc1. The number of nitrogens with one attached hydrogen (secondary N) is 2. The van der Waals surface area contributed by atoms with Crippen molar-refractivity contribution in [1.82, 2.24) is 10.3 Å². The van der Waals surface area contributed by atoms with Crippen molar-refractivity contribution in [1.29, 1.82) is 0 Å². The summed E-state index contributed by atoms with van der Waals surface area (Å²) in [6.45, 7) is 5.49. The number of carbonyl (C=O) groups excluding carboxylic acids is 1. The van der Waals surface area contributed by atoms with Crippen LogP contribution in [0.3, 0.4) is 0 Å². The summed E-state index contributed by atoms with van der Waals surface area (Å²) >= 11 is 0. The largest absolute Gasteiger partial charge is 0.356 e. The second-order valence-electron chi connectivity index (χ2n) is 5.56. The molecule has 126 valence electrons. The third-order valence-corrected chi connectivity index (χ3v) is 3.50. The molecule has 24 heavy (non-hydrogen) atoms. The quantitative estimate of drug-likeness (QED) is 0.627. The molecular weight excluding hydrogens is 308 g/mol. The molecule has 2 N–H and O–H groups in total. The maximum absolute atomic E-state index is 11.3. The van der Waals surface area contributed by atoms with Crippen LogP contribution in [0.15, 0.2) is 30.3 Å². The van der Waals surface area contributed by atoms with E-state index in [9.17, 15) is 14.9 Å². The van der Waals surface area contributed by atoms with Crippen LogP contribution in [-0.4, -0.2) is 22.4 Å². The summed E-state index contributed by atoms with van der Waals surface area (Å²) in [6.07, 6.45) is 0.730. The molecular formula is C17H20N4O3. The molecule has 0 atom stereocenters. The van der Waals surface area contributed by atoms with E-state index in [1.807, 2.05) is 24.3 Å². The first-order chi connectivity index (χ1) is 11.4. The van der Waals surface area contributed by atoms with Gasteiger partial charge >= 0.3 is 5.69 Å². The molecule has 1 heterocycles. The number of hydrogen-bond donors (Lipinski definition) is 2. The lowest BCUT2D eigenvalue weighted by atomic mass is 10.1. The van der Waals surface area contributed by atoms with Gasteiger partial charge in [0.1, 0.15) is 11.4 Å². The molecule has 1 aromatic heterocycles. The molecule has 0 saturated heterocycles.